The van der Waals surface area contributed by atoms with E-state index in [2.05, 4.69) is 21.8 Å². The molecule has 6 nitrogen and oxygen atoms in total. The van der Waals surface area contributed by atoms with E-state index in [1.165, 1.54) is 0 Å². The second kappa shape index (κ2) is 9.13. The first kappa shape index (κ1) is 18.9. The van der Waals surface area contributed by atoms with E-state index >= 15 is 0 Å². The number of likely N-dealkylation sites (tertiary alicyclic amines) is 1. The maximum absolute atomic E-state index is 12.4. The number of hydrogen-bond acceptors (Lipinski definition) is 4. The molecule has 0 bridgehead atoms. The summed E-state index contributed by atoms with van der Waals surface area (Å²) in [6.07, 6.45) is 5.67. The molecule has 1 aliphatic rings. The number of nitrogens with one attached hydrogen (secondary N) is 2. The molecule has 1 aromatic rings. The number of hydrogen-bond donors (Lipinski definition) is 2. The van der Waals surface area contributed by atoms with Gasteiger partial charge in [-0.3, -0.25) is 14.5 Å². The Balaban J connectivity index is 1.97. The lowest BCUT2D eigenvalue weighted by molar-refractivity contribution is -0.125. The van der Waals surface area contributed by atoms with Gasteiger partial charge < -0.3 is 15.2 Å². The molecule has 0 unspecified atom stereocenters. The lowest BCUT2D eigenvalue weighted by Gasteiger charge is -2.22. The SMILES string of the molecule is CCNC(=O)[C@@H]1C[C@@H](NC(=O)c2cccn2C)CN1CCCSC. The van der Waals surface area contributed by atoms with E-state index in [9.17, 15) is 9.59 Å². The highest BCUT2D eigenvalue weighted by Gasteiger charge is 2.37. The van der Waals surface area contributed by atoms with Crippen LogP contribution in [0.2, 0.25) is 0 Å². The summed E-state index contributed by atoms with van der Waals surface area (Å²) in [7, 11) is 1.86. The van der Waals surface area contributed by atoms with Gasteiger partial charge in [0.2, 0.25) is 5.91 Å². The minimum atomic E-state index is -0.148. The summed E-state index contributed by atoms with van der Waals surface area (Å²) in [5.74, 6) is 1.07. The van der Waals surface area contributed by atoms with Crippen LogP contribution in [0.3, 0.4) is 0 Å². The van der Waals surface area contributed by atoms with Crippen molar-refractivity contribution in [3.63, 3.8) is 0 Å². The zero-order valence-corrected chi connectivity index (χ0v) is 15.6. The fourth-order valence-electron chi connectivity index (χ4n) is 3.19. The molecule has 0 aromatic carbocycles. The maximum Gasteiger partial charge on any atom is 0.268 e. The number of rotatable bonds is 8. The molecule has 1 saturated heterocycles. The molecule has 0 radical (unpaired) electrons. The Bertz CT molecular complexity index is 561. The number of aryl methyl sites for hydroxylation is 1. The normalized spacial score (nSPS) is 21.0. The first-order valence-electron chi connectivity index (χ1n) is 8.49. The van der Waals surface area contributed by atoms with Gasteiger partial charge in [-0.05, 0) is 50.5 Å². The van der Waals surface area contributed by atoms with Crippen molar-refractivity contribution in [3.05, 3.63) is 24.0 Å². The molecule has 2 amide bonds. The van der Waals surface area contributed by atoms with Gasteiger partial charge in [-0.1, -0.05) is 0 Å². The average molecular weight is 353 g/mol. The summed E-state index contributed by atoms with van der Waals surface area (Å²) in [4.78, 5) is 26.9. The third-order valence-corrected chi connectivity index (χ3v) is 5.06. The van der Waals surface area contributed by atoms with E-state index in [4.69, 9.17) is 0 Å². The van der Waals surface area contributed by atoms with Crippen molar-refractivity contribution in [2.45, 2.75) is 31.8 Å². The molecule has 24 heavy (non-hydrogen) atoms. The lowest BCUT2D eigenvalue weighted by Crippen LogP contribution is -2.43. The molecule has 2 atom stereocenters. The Morgan fingerprint density at radius 3 is 2.83 bits per heavy atom. The van der Waals surface area contributed by atoms with Crippen molar-refractivity contribution in [2.75, 3.05) is 31.6 Å². The Morgan fingerprint density at radius 2 is 2.21 bits per heavy atom. The summed E-state index contributed by atoms with van der Waals surface area (Å²) in [6.45, 7) is 4.18. The van der Waals surface area contributed by atoms with Crippen molar-refractivity contribution in [2.24, 2.45) is 7.05 Å². The molecule has 1 fully saturated rings. The van der Waals surface area contributed by atoms with Crippen LogP contribution in [0.25, 0.3) is 0 Å². The number of aromatic nitrogens is 1. The number of amides is 2. The molecule has 0 saturated carbocycles. The lowest BCUT2D eigenvalue weighted by atomic mass is 10.1. The number of nitrogens with zero attached hydrogens (tertiary/aromatic N) is 2. The summed E-state index contributed by atoms with van der Waals surface area (Å²) in [5, 5.41) is 6.00. The fraction of sp³-hybridized carbons (Fsp3) is 0.647. The van der Waals surface area contributed by atoms with Gasteiger partial charge in [0.05, 0.1) is 6.04 Å². The van der Waals surface area contributed by atoms with Gasteiger partial charge in [0.1, 0.15) is 5.69 Å². The number of carbonyl (C=O) groups is 2. The van der Waals surface area contributed by atoms with Crippen molar-refractivity contribution in [1.82, 2.24) is 20.1 Å². The second-order valence-corrected chi connectivity index (χ2v) is 7.15. The average Bonchev–Trinajstić information content (AvgIpc) is 3.14. The molecular formula is C17H28N4O2S. The van der Waals surface area contributed by atoms with Gasteiger partial charge in [0, 0.05) is 32.4 Å². The number of carbonyl (C=O) groups excluding carboxylic acids is 2. The number of thioether (sulfide) groups is 1. The van der Waals surface area contributed by atoms with Gasteiger partial charge in [0.25, 0.3) is 5.91 Å². The van der Waals surface area contributed by atoms with Gasteiger partial charge in [-0.15, -0.1) is 0 Å². The molecule has 2 heterocycles. The van der Waals surface area contributed by atoms with Gasteiger partial charge >= 0.3 is 0 Å². The third kappa shape index (κ3) is 4.77. The van der Waals surface area contributed by atoms with E-state index in [0.29, 0.717) is 18.7 Å². The van der Waals surface area contributed by atoms with Crippen LogP contribution >= 0.6 is 11.8 Å². The van der Waals surface area contributed by atoms with Gasteiger partial charge in [-0.25, -0.2) is 0 Å². The fourth-order valence-corrected chi connectivity index (χ4v) is 3.61. The molecule has 2 N–H and O–H groups in total. The summed E-state index contributed by atoms with van der Waals surface area (Å²) in [5.41, 5.74) is 0.644. The minimum absolute atomic E-state index is 0.00860. The molecule has 2 rings (SSSR count). The molecule has 134 valence electrons. The van der Waals surface area contributed by atoms with Crippen LogP contribution in [-0.2, 0) is 11.8 Å². The van der Waals surface area contributed by atoms with E-state index in [1.54, 1.807) is 0 Å². The summed E-state index contributed by atoms with van der Waals surface area (Å²) >= 11 is 1.82. The Kier molecular flexibility index (Phi) is 7.17. The highest BCUT2D eigenvalue weighted by molar-refractivity contribution is 7.98. The van der Waals surface area contributed by atoms with Crippen molar-refractivity contribution >= 4 is 23.6 Å². The second-order valence-electron chi connectivity index (χ2n) is 6.16. The molecule has 7 heteroatoms. The predicted octanol–water partition coefficient (Wildman–Crippen LogP) is 1.09. The largest absolute Gasteiger partial charge is 0.355 e. The minimum Gasteiger partial charge on any atom is -0.355 e. The van der Waals surface area contributed by atoms with Crippen molar-refractivity contribution in [3.8, 4) is 0 Å². The molecule has 0 spiro atoms. The zero-order valence-electron chi connectivity index (χ0n) is 14.7. The highest BCUT2D eigenvalue weighted by Crippen LogP contribution is 2.19. The Hall–Kier alpha value is -1.47. The van der Waals surface area contributed by atoms with Crippen LogP contribution in [0, 0.1) is 0 Å². The number of likely N-dealkylation sites (N-methyl/N-ethyl adjacent to an activating group) is 1. The molecule has 1 aliphatic heterocycles. The summed E-state index contributed by atoms with van der Waals surface area (Å²) < 4.78 is 1.81. The smallest absolute Gasteiger partial charge is 0.268 e. The topological polar surface area (TPSA) is 66.4 Å². The van der Waals surface area contributed by atoms with Crippen LogP contribution < -0.4 is 10.6 Å². The first-order chi connectivity index (χ1) is 11.6. The Labute approximate surface area is 148 Å². The molecule has 1 aromatic heterocycles. The monoisotopic (exact) mass is 352 g/mol. The van der Waals surface area contributed by atoms with Crippen LogP contribution in [0.15, 0.2) is 18.3 Å². The van der Waals surface area contributed by atoms with Crippen molar-refractivity contribution in [1.29, 1.82) is 0 Å². The highest BCUT2D eigenvalue weighted by atomic mass is 32.2. The molecule has 0 aliphatic carbocycles. The molecular weight excluding hydrogens is 324 g/mol. The van der Waals surface area contributed by atoms with E-state index < -0.39 is 0 Å². The van der Waals surface area contributed by atoms with Crippen LogP contribution in [-0.4, -0.2) is 65.0 Å². The standard InChI is InChI=1S/C17H28N4O2S/c1-4-18-16(22)15-11-13(12-21(15)9-6-10-24-3)19-17(23)14-7-5-8-20(14)2/h5,7-8,13,15H,4,6,9-12H2,1-3H3,(H,18,22)(H,19,23)/t13-,15+/m1/s1. The van der Waals surface area contributed by atoms with Gasteiger partial charge in [0.15, 0.2) is 0 Å². The predicted molar refractivity (Wildman–Crippen MR) is 98.3 cm³/mol. The van der Waals surface area contributed by atoms with Crippen LogP contribution in [0.5, 0.6) is 0 Å². The van der Waals surface area contributed by atoms with E-state index in [-0.39, 0.29) is 23.9 Å². The first-order valence-corrected chi connectivity index (χ1v) is 9.89. The quantitative estimate of drug-likeness (QED) is 0.688. The van der Waals surface area contributed by atoms with E-state index in [1.807, 2.05) is 48.6 Å². The third-order valence-electron chi connectivity index (χ3n) is 4.36. The van der Waals surface area contributed by atoms with Crippen LogP contribution in [0.4, 0.5) is 0 Å². The Morgan fingerprint density at radius 1 is 1.42 bits per heavy atom. The van der Waals surface area contributed by atoms with Crippen LogP contribution in [0.1, 0.15) is 30.3 Å². The zero-order chi connectivity index (χ0) is 17.5. The summed E-state index contributed by atoms with van der Waals surface area (Å²) in [6, 6.07) is 3.53. The van der Waals surface area contributed by atoms with Crippen molar-refractivity contribution < 1.29 is 9.59 Å². The van der Waals surface area contributed by atoms with E-state index in [0.717, 1.165) is 25.3 Å². The maximum atomic E-state index is 12.4. The van der Waals surface area contributed by atoms with Gasteiger partial charge in [-0.2, -0.15) is 11.8 Å².